The predicted octanol–water partition coefficient (Wildman–Crippen LogP) is 4.01. The standard InChI is InChI=1S/C24H22F2N6O3/c1-14-5-4-9-31(21(14)24(33)34)23-17(26)12-27-22(28-23)19-11-20(18-8-10-35-30-18)32(29-19)13-15-6-2-3-7-16(15)25/h2-3,6-8,10-12,14,21H,4-5,9,13H2,1H3,(H,33,34)/t14-,21+/m1/s1. The molecule has 0 bridgehead atoms. The van der Waals surface area contributed by atoms with Gasteiger partial charge in [-0.2, -0.15) is 5.10 Å². The van der Waals surface area contributed by atoms with E-state index < -0.39 is 17.8 Å². The molecule has 3 aromatic heterocycles. The molecule has 5 rings (SSSR count). The van der Waals surface area contributed by atoms with Crippen LogP contribution in [0.25, 0.3) is 22.9 Å². The van der Waals surface area contributed by atoms with Gasteiger partial charge in [-0.3, -0.25) is 4.68 Å². The highest BCUT2D eigenvalue weighted by molar-refractivity contribution is 5.78. The zero-order valence-corrected chi connectivity index (χ0v) is 18.8. The lowest BCUT2D eigenvalue weighted by atomic mass is 9.91. The molecule has 9 nitrogen and oxygen atoms in total. The number of aromatic nitrogens is 5. The smallest absolute Gasteiger partial charge is 0.326 e. The lowest BCUT2D eigenvalue weighted by Gasteiger charge is -2.38. The average Bonchev–Trinajstić information content (AvgIpc) is 3.51. The molecule has 0 amide bonds. The van der Waals surface area contributed by atoms with E-state index in [9.17, 15) is 18.7 Å². The van der Waals surface area contributed by atoms with Crippen molar-refractivity contribution in [1.82, 2.24) is 24.9 Å². The van der Waals surface area contributed by atoms with Gasteiger partial charge < -0.3 is 14.5 Å². The first-order valence-corrected chi connectivity index (χ1v) is 11.2. The Hall–Kier alpha value is -4.15. The Bertz CT molecular complexity index is 1360. The number of benzene rings is 1. The summed E-state index contributed by atoms with van der Waals surface area (Å²) in [6.07, 6.45) is 3.87. The van der Waals surface area contributed by atoms with Crippen molar-refractivity contribution in [2.24, 2.45) is 5.92 Å². The molecule has 4 heterocycles. The fourth-order valence-corrected chi connectivity index (χ4v) is 4.47. The molecule has 0 spiro atoms. The van der Waals surface area contributed by atoms with E-state index in [1.54, 1.807) is 35.0 Å². The summed E-state index contributed by atoms with van der Waals surface area (Å²) in [5.41, 5.74) is 1.72. The molecule has 2 atom stereocenters. The van der Waals surface area contributed by atoms with Crippen molar-refractivity contribution in [3.63, 3.8) is 0 Å². The first kappa shape index (κ1) is 22.6. The molecular weight excluding hydrogens is 458 g/mol. The Morgan fingerprint density at radius 2 is 2.03 bits per heavy atom. The van der Waals surface area contributed by atoms with E-state index >= 15 is 0 Å². The van der Waals surface area contributed by atoms with Gasteiger partial charge in [0.25, 0.3) is 0 Å². The van der Waals surface area contributed by atoms with Gasteiger partial charge in [0.15, 0.2) is 17.5 Å². The summed E-state index contributed by atoms with van der Waals surface area (Å²) in [6.45, 7) is 2.30. The summed E-state index contributed by atoms with van der Waals surface area (Å²) in [5.74, 6) is -2.26. The second kappa shape index (κ2) is 9.24. The monoisotopic (exact) mass is 480 g/mol. The van der Waals surface area contributed by atoms with Crippen LogP contribution in [0.2, 0.25) is 0 Å². The summed E-state index contributed by atoms with van der Waals surface area (Å²) in [5, 5.41) is 18.3. The number of hydrogen-bond donors (Lipinski definition) is 1. The summed E-state index contributed by atoms with van der Waals surface area (Å²) in [6, 6.07) is 8.75. The second-order valence-corrected chi connectivity index (χ2v) is 8.51. The van der Waals surface area contributed by atoms with E-state index in [4.69, 9.17) is 4.52 Å². The van der Waals surface area contributed by atoms with Crippen molar-refractivity contribution < 1.29 is 23.2 Å². The lowest BCUT2D eigenvalue weighted by molar-refractivity contribution is -0.140. The highest BCUT2D eigenvalue weighted by Gasteiger charge is 2.36. The van der Waals surface area contributed by atoms with Gasteiger partial charge in [0.1, 0.15) is 29.5 Å². The third kappa shape index (κ3) is 4.36. The molecule has 180 valence electrons. The van der Waals surface area contributed by atoms with Crippen LogP contribution in [0.15, 0.2) is 53.4 Å². The molecular formula is C24H22F2N6O3. The van der Waals surface area contributed by atoms with Crippen LogP contribution in [0.3, 0.4) is 0 Å². The minimum atomic E-state index is -1.03. The van der Waals surface area contributed by atoms with E-state index in [0.29, 0.717) is 29.2 Å². The number of carboxylic acids is 1. The number of carboxylic acid groups (broad SMARTS) is 1. The maximum atomic E-state index is 14.8. The number of nitrogens with zero attached hydrogens (tertiary/aromatic N) is 6. The number of piperidine rings is 1. The normalized spacial score (nSPS) is 18.1. The third-order valence-corrected chi connectivity index (χ3v) is 6.17. The molecule has 0 unspecified atom stereocenters. The van der Waals surface area contributed by atoms with Gasteiger partial charge in [-0.05, 0) is 30.9 Å². The van der Waals surface area contributed by atoms with Gasteiger partial charge in [-0.15, -0.1) is 0 Å². The molecule has 1 aromatic carbocycles. The number of rotatable bonds is 6. The Morgan fingerprint density at radius 3 is 2.77 bits per heavy atom. The Morgan fingerprint density at radius 1 is 1.20 bits per heavy atom. The molecule has 0 radical (unpaired) electrons. The van der Waals surface area contributed by atoms with Crippen LogP contribution < -0.4 is 4.90 Å². The van der Waals surface area contributed by atoms with Gasteiger partial charge in [0, 0.05) is 18.2 Å². The van der Waals surface area contributed by atoms with Crippen molar-refractivity contribution in [1.29, 1.82) is 0 Å². The highest BCUT2D eigenvalue weighted by Crippen LogP contribution is 2.31. The number of anilines is 1. The topological polar surface area (TPSA) is 110 Å². The number of hydrogen-bond acceptors (Lipinski definition) is 7. The van der Waals surface area contributed by atoms with E-state index in [2.05, 4.69) is 20.2 Å². The van der Waals surface area contributed by atoms with E-state index in [1.165, 1.54) is 17.2 Å². The molecule has 1 aliphatic heterocycles. The summed E-state index contributed by atoms with van der Waals surface area (Å²) in [7, 11) is 0. The molecule has 35 heavy (non-hydrogen) atoms. The van der Waals surface area contributed by atoms with E-state index in [-0.39, 0.29) is 29.9 Å². The van der Waals surface area contributed by atoms with E-state index in [1.807, 2.05) is 6.92 Å². The maximum Gasteiger partial charge on any atom is 0.326 e. The Kier molecular flexibility index (Phi) is 5.98. The summed E-state index contributed by atoms with van der Waals surface area (Å²) in [4.78, 5) is 21.9. The summed E-state index contributed by atoms with van der Waals surface area (Å²) < 4.78 is 35.7. The van der Waals surface area contributed by atoms with Gasteiger partial charge in [-0.1, -0.05) is 30.3 Å². The number of halogens is 2. The van der Waals surface area contributed by atoms with Crippen molar-refractivity contribution in [2.45, 2.75) is 32.4 Å². The van der Waals surface area contributed by atoms with Crippen LogP contribution in [-0.4, -0.2) is 48.6 Å². The van der Waals surface area contributed by atoms with Crippen LogP contribution in [0.5, 0.6) is 0 Å². The SMILES string of the molecule is C[C@@H]1CCCN(c2nc(-c3cc(-c4ccon4)n(Cc4ccccc4F)n3)ncc2F)[C@@H]1C(=O)O. The van der Waals surface area contributed by atoms with Crippen LogP contribution in [0.4, 0.5) is 14.6 Å². The predicted molar refractivity (Wildman–Crippen MR) is 121 cm³/mol. The van der Waals surface area contributed by atoms with Gasteiger partial charge in [0.05, 0.1) is 18.4 Å². The lowest BCUT2D eigenvalue weighted by Crippen LogP contribution is -2.50. The average molecular weight is 480 g/mol. The van der Waals surface area contributed by atoms with Crippen molar-refractivity contribution in [3.8, 4) is 22.9 Å². The molecule has 4 aromatic rings. The zero-order chi connectivity index (χ0) is 24.5. The minimum absolute atomic E-state index is 0.0828. The second-order valence-electron chi connectivity index (χ2n) is 8.51. The highest BCUT2D eigenvalue weighted by atomic mass is 19.1. The molecule has 0 saturated carbocycles. The molecule has 0 aliphatic carbocycles. The number of aliphatic carboxylic acids is 1. The minimum Gasteiger partial charge on any atom is -0.480 e. The largest absolute Gasteiger partial charge is 0.480 e. The van der Waals surface area contributed by atoms with Crippen LogP contribution >= 0.6 is 0 Å². The van der Waals surface area contributed by atoms with Gasteiger partial charge in [-0.25, -0.2) is 23.5 Å². The molecule has 1 N–H and O–H groups in total. The Labute approximate surface area is 199 Å². The van der Waals surface area contributed by atoms with Crippen molar-refractivity contribution >= 4 is 11.8 Å². The first-order chi connectivity index (χ1) is 16.9. The molecule has 1 aliphatic rings. The summed E-state index contributed by atoms with van der Waals surface area (Å²) >= 11 is 0. The van der Waals surface area contributed by atoms with Crippen molar-refractivity contribution in [3.05, 3.63) is 66.1 Å². The number of carbonyl (C=O) groups is 1. The quantitative estimate of drug-likeness (QED) is 0.441. The fourth-order valence-electron chi connectivity index (χ4n) is 4.47. The van der Waals surface area contributed by atoms with Crippen molar-refractivity contribution in [2.75, 3.05) is 11.4 Å². The third-order valence-electron chi connectivity index (χ3n) is 6.17. The first-order valence-electron chi connectivity index (χ1n) is 11.2. The van der Waals surface area contributed by atoms with Crippen LogP contribution in [-0.2, 0) is 11.3 Å². The fraction of sp³-hybridized carbons (Fsp3) is 0.292. The maximum absolute atomic E-state index is 14.8. The van der Waals surface area contributed by atoms with Crippen LogP contribution in [0.1, 0.15) is 25.3 Å². The van der Waals surface area contributed by atoms with Crippen LogP contribution in [0, 0.1) is 17.6 Å². The molecule has 1 fully saturated rings. The zero-order valence-electron chi connectivity index (χ0n) is 18.8. The Balaban J connectivity index is 1.56. The van der Waals surface area contributed by atoms with Gasteiger partial charge >= 0.3 is 5.97 Å². The van der Waals surface area contributed by atoms with E-state index in [0.717, 1.165) is 19.0 Å². The molecule has 11 heteroatoms. The van der Waals surface area contributed by atoms with Gasteiger partial charge in [0.2, 0.25) is 0 Å². The molecule has 1 saturated heterocycles.